The zero-order chi connectivity index (χ0) is 19.9. The van der Waals surface area contributed by atoms with Gasteiger partial charge in [-0.15, -0.1) is 0 Å². The summed E-state index contributed by atoms with van der Waals surface area (Å²) in [5, 5.41) is 2.99. The van der Waals surface area contributed by atoms with Gasteiger partial charge in [-0.1, -0.05) is 30.3 Å². The lowest BCUT2D eigenvalue weighted by molar-refractivity contribution is -0.135. The smallest absolute Gasteiger partial charge is 0.260 e. The Bertz CT molecular complexity index is 815. The van der Waals surface area contributed by atoms with Crippen molar-refractivity contribution in [2.24, 2.45) is 0 Å². The molecule has 2 aromatic rings. The summed E-state index contributed by atoms with van der Waals surface area (Å²) in [4.78, 5) is 28.5. The minimum Gasteiger partial charge on any atom is -0.484 e. The number of carbonyl (C=O) groups excluding carboxylic acids is 2. The second-order valence-electron chi connectivity index (χ2n) is 7.05. The minimum absolute atomic E-state index is 0.0247. The first-order valence-corrected chi connectivity index (χ1v) is 9.57. The van der Waals surface area contributed by atoms with Crippen LogP contribution in [-0.2, 0) is 9.59 Å². The summed E-state index contributed by atoms with van der Waals surface area (Å²) in [7, 11) is 0. The molecule has 0 aromatic heterocycles. The second-order valence-corrected chi connectivity index (χ2v) is 7.05. The van der Waals surface area contributed by atoms with Gasteiger partial charge in [-0.05, 0) is 43.2 Å². The summed E-state index contributed by atoms with van der Waals surface area (Å²) < 4.78 is 5.53. The fourth-order valence-electron chi connectivity index (χ4n) is 3.19. The van der Waals surface area contributed by atoms with Crippen molar-refractivity contribution < 1.29 is 14.3 Å². The Morgan fingerprint density at radius 1 is 0.964 bits per heavy atom. The number of benzene rings is 2. The highest BCUT2D eigenvalue weighted by atomic mass is 16.5. The molecule has 0 bridgehead atoms. The van der Waals surface area contributed by atoms with Crippen molar-refractivity contribution in [3.8, 4) is 5.75 Å². The van der Waals surface area contributed by atoms with E-state index >= 15 is 0 Å². The number of anilines is 1. The molecular formula is C22H27N3O3. The van der Waals surface area contributed by atoms with Crippen LogP contribution in [0.2, 0.25) is 0 Å². The first-order chi connectivity index (χ1) is 13.5. The molecular weight excluding hydrogens is 354 g/mol. The van der Waals surface area contributed by atoms with Crippen LogP contribution in [0, 0.1) is 13.8 Å². The van der Waals surface area contributed by atoms with E-state index in [-0.39, 0.29) is 18.4 Å². The van der Waals surface area contributed by atoms with Crippen molar-refractivity contribution >= 4 is 17.5 Å². The summed E-state index contributed by atoms with van der Waals surface area (Å²) in [6.45, 7) is 6.97. The number of aryl methyl sites for hydroxylation is 1. The lowest BCUT2D eigenvalue weighted by Crippen LogP contribution is -2.51. The van der Waals surface area contributed by atoms with Gasteiger partial charge in [-0.25, -0.2) is 0 Å². The molecule has 1 fully saturated rings. The van der Waals surface area contributed by atoms with Gasteiger partial charge < -0.3 is 15.0 Å². The van der Waals surface area contributed by atoms with Crippen LogP contribution in [0.15, 0.2) is 48.5 Å². The third-order valence-corrected chi connectivity index (χ3v) is 5.08. The van der Waals surface area contributed by atoms with E-state index in [1.54, 1.807) is 4.90 Å². The zero-order valence-electron chi connectivity index (χ0n) is 16.5. The SMILES string of the molecule is Cc1cccc(NC(=O)CN2CCN(C(=O)COc3ccccc3)CC2)c1C. The molecule has 0 aliphatic carbocycles. The molecule has 1 aliphatic heterocycles. The lowest BCUT2D eigenvalue weighted by Gasteiger charge is -2.34. The van der Waals surface area contributed by atoms with Crippen LogP contribution in [0.1, 0.15) is 11.1 Å². The maximum Gasteiger partial charge on any atom is 0.260 e. The molecule has 0 spiro atoms. The number of nitrogens with zero attached hydrogens (tertiary/aromatic N) is 2. The molecule has 28 heavy (non-hydrogen) atoms. The van der Waals surface area contributed by atoms with Crippen molar-refractivity contribution in [2.75, 3.05) is 44.6 Å². The van der Waals surface area contributed by atoms with Crippen LogP contribution in [0.25, 0.3) is 0 Å². The van der Waals surface area contributed by atoms with E-state index in [2.05, 4.69) is 10.2 Å². The fourth-order valence-corrected chi connectivity index (χ4v) is 3.19. The highest BCUT2D eigenvalue weighted by molar-refractivity contribution is 5.93. The van der Waals surface area contributed by atoms with Gasteiger partial charge in [-0.3, -0.25) is 14.5 Å². The Morgan fingerprint density at radius 3 is 2.39 bits per heavy atom. The molecule has 6 heteroatoms. The lowest BCUT2D eigenvalue weighted by atomic mass is 10.1. The minimum atomic E-state index is -0.0270. The first-order valence-electron chi connectivity index (χ1n) is 9.57. The number of para-hydroxylation sites is 1. The van der Waals surface area contributed by atoms with Crippen LogP contribution in [0.5, 0.6) is 5.75 Å². The van der Waals surface area contributed by atoms with Crippen molar-refractivity contribution in [1.29, 1.82) is 0 Å². The number of rotatable bonds is 6. The largest absolute Gasteiger partial charge is 0.484 e. The summed E-state index contributed by atoms with van der Waals surface area (Å²) in [5.74, 6) is 0.641. The predicted octanol–water partition coefficient (Wildman–Crippen LogP) is 2.47. The number of ether oxygens (including phenoxy) is 1. The Kier molecular flexibility index (Phi) is 6.66. The molecule has 0 unspecified atom stereocenters. The average Bonchev–Trinajstić information content (AvgIpc) is 2.71. The molecule has 2 amide bonds. The number of carbonyl (C=O) groups is 2. The molecule has 3 rings (SSSR count). The molecule has 2 aromatic carbocycles. The van der Waals surface area contributed by atoms with Crippen molar-refractivity contribution in [3.63, 3.8) is 0 Å². The van der Waals surface area contributed by atoms with Gasteiger partial charge in [0.05, 0.1) is 6.54 Å². The number of hydrogen-bond donors (Lipinski definition) is 1. The van der Waals surface area contributed by atoms with Crippen LogP contribution >= 0.6 is 0 Å². The van der Waals surface area contributed by atoms with Gasteiger partial charge in [-0.2, -0.15) is 0 Å². The maximum atomic E-state index is 12.4. The van der Waals surface area contributed by atoms with E-state index in [1.807, 2.05) is 62.4 Å². The van der Waals surface area contributed by atoms with E-state index in [4.69, 9.17) is 4.74 Å². The van der Waals surface area contributed by atoms with Crippen molar-refractivity contribution in [1.82, 2.24) is 9.80 Å². The monoisotopic (exact) mass is 381 g/mol. The van der Waals surface area contributed by atoms with E-state index < -0.39 is 0 Å². The predicted molar refractivity (Wildman–Crippen MR) is 110 cm³/mol. The quantitative estimate of drug-likeness (QED) is 0.835. The van der Waals surface area contributed by atoms with Crippen molar-refractivity contribution in [3.05, 3.63) is 59.7 Å². The van der Waals surface area contributed by atoms with Crippen molar-refractivity contribution in [2.45, 2.75) is 13.8 Å². The standard InChI is InChI=1S/C22H27N3O3/c1-17-7-6-10-20(18(17)2)23-21(26)15-24-11-13-25(14-12-24)22(27)16-28-19-8-4-3-5-9-19/h3-10H,11-16H2,1-2H3,(H,23,26). The summed E-state index contributed by atoms with van der Waals surface area (Å²) in [6.07, 6.45) is 0. The summed E-state index contributed by atoms with van der Waals surface area (Å²) in [5.41, 5.74) is 3.10. The number of amides is 2. The van der Waals surface area contributed by atoms with Crippen LogP contribution in [0.4, 0.5) is 5.69 Å². The Hall–Kier alpha value is -2.86. The van der Waals surface area contributed by atoms with E-state index in [9.17, 15) is 9.59 Å². The molecule has 0 radical (unpaired) electrons. The molecule has 1 heterocycles. The third-order valence-electron chi connectivity index (χ3n) is 5.08. The topological polar surface area (TPSA) is 61.9 Å². The molecule has 1 aliphatic rings. The Balaban J connectivity index is 1.41. The highest BCUT2D eigenvalue weighted by Gasteiger charge is 2.22. The maximum absolute atomic E-state index is 12.4. The van der Waals surface area contributed by atoms with Crippen LogP contribution < -0.4 is 10.1 Å². The van der Waals surface area contributed by atoms with Gasteiger partial charge in [0.15, 0.2) is 6.61 Å². The van der Waals surface area contributed by atoms with Crippen LogP contribution in [0.3, 0.4) is 0 Å². The normalized spacial score (nSPS) is 14.6. The molecule has 148 valence electrons. The molecule has 6 nitrogen and oxygen atoms in total. The summed E-state index contributed by atoms with van der Waals surface area (Å²) >= 11 is 0. The third kappa shape index (κ3) is 5.33. The number of piperazine rings is 1. The van der Waals surface area contributed by atoms with Gasteiger partial charge in [0.2, 0.25) is 5.91 Å². The van der Waals surface area contributed by atoms with Gasteiger partial charge in [0.25, 0.3) is 5.91 Å². The van der Waals surface area contributed by atoms with Gasteiger partial charge in [0, 0.05) is 31.9 Å². The molecule has 0 atom stereocenters. The molecule has 0 saturated carbocycles. The van der Waals surface area contributed by atoms with E-state index in [0.717, 1.165) is 16.8 Å². The average molecular weight is 381 g/mol. The van der Waals surface area contributed by atoms with Crippen LogP contribution in [-0.4, -0.2) is 60.9 Å². The van der Waals surface area contributed by atoms with Gasteiger partial charge >= 0.3 is 0 Å². The Morgan fingerprint density at radius 2 is 1.68 bits per heavy atom. The fraction of sp³-hybridized carbons (Fsp3) is 0.364. The van der Waals surface area contributed by atoms with Gasteiger partial charge in [0.1, 0.15) is 5.75 Å². The molecule has 1 N–H and O–H groups in total. The summed E-state index contributed by atoms with van der Waals surface area (Å²) in [6, 6.07) is 15.2. The van der Waals surface area contributed by atoms with E-state index in [0.29, 0.717) is 38.5 Å². The molecule has 1 saturated heterocycles. The second kappa shape index (κ2) is 9.37. The number of nitrogens with one attached hydrogen (secondary N) is 1. The van der Waals surface area contributed by atoms with E-state index in [1.165, 1.54) is 0 Å². The Labute approximate surface area is 166 Å². The highest BCUT2D eigenvalue weighted by Crippen LogP contribution is 2.18. The first kappa shape index (κ1) is 19.9. The number of hydrogen-bond acceptors (Lipinski definition) is 4. The zero-order valence-corrected chi connectivity index (χ0v) is 16.5.